The maximum atomic E-state index is 13.7. The molecule has 11 heteroatoms. The highest BCUT2D eigenvalue weighted by atomic mass is 16.4. The molecule has 0 saturated heterocycles. The van der Waals surface area contributed by atoms with Gasteiger partial charge in [0, 0.05) is 37.7 Å². The zero-order valence-electron chi connectivity index (χ0n) is 17.9. The highest BCUT2D eigenvalue weighted by Gasteiger charge is 2.59. The van der Waals surface area contributed by atoms with Crippen LogP contribution in [0.3, 0.4) is 0 Å². The summed E-state index contributed by atoms with van der Waals surface area (Å²) in [7, 11) is 3.62. The van der Waals surface area contributed by atoms with Crippen LogP contribution in [0.5, 0.6) is 0 Å². The van der Waals surface area contributed by atoms with Crippen molar-refractivity contribution in [3.63, 3.8) is 0 Å². The predicted octanol–water partition coefficient (Wildman–Crippen LogP) is 0.664. The van der Waals surface area contributed by atoms with Gasteiger partial charge >= 0.3 is 0 Å². The van der Waals surface area contributed by atoms with Crippen LogP contribution in [0, 0.1) is 11.8 Å². The van der Waals surface area contributed by atoms with Gasteiger partial charge in [-0.2, -0.15) is 4.98 Å². The van der Waals surface area contributed by atoms with E-state index in [-0.39, 0.29) is 35.6 Å². The molecule has 7 N–H and O–H groups in total. The number of nitrogens with two attached hydrogens (primary N) is 2. The van der Waals surface area contributed by atoms with Crippen molar-refractivity contribution in [3.05, 3.63) is 39.9 Å². The second kappa shape index (κ2) is 6.58. The quantitative estimate of drug-likeness (QED) is 0.402. The van der Waals surface area contributed by atoms with Gasteiger partial charge in [0.1, 0.15) is 22.6 Å². The Kier molecular flexibility index (Phi) is 4.19. The number of ketones is 2. The molecule has 1 aromatic heterocycles. The molecule has 0 aliphatic heterocycles. The second-order valence-corrected chi connectivity index (χ2v) is 8.95. The summed E-state index contributed by atoms with van der Waals surface area (Å²) in [5, 5.41) is 32.7. The summed E-state index contributed by atoms with van der Waals surface area (Å²) in [6.07, 6.45) is 0.179. The number of fused-ring (bicyclic) bond motifs is 5. The lowest BCUT2D eigenvalue weighted by Gasteiger charge is -2.45. The van der Waals surface area contributed by atoms with Crippen molar-refractivity contribution in [2.24, 2.45) is 17.6 Å². The van der Waals surface area contributed by atoms with Crippen molar-refractivity contribution in [1.82, 2.24) is 4.98 Å². The van der Waals surface area contributed by atoms with E-state index in [9.17, 15) is 29.7 Å². The Hall–Kier alpha value is -3.86. The van der Waals surface area contributed by atoms with Gasteiger partial charge in [0.25, 0.3) is 11.9 Å². The number of Topliss-reactive ketones (excluding diaryl/α,β-unsaturated/α-hetero) is 2. The number of hydrogen-bond acceptors (Lipinski definition) is 10. The molecule has 0 bridgehead atoms. The Morgan fingerprint density at radius 2 is 1.97 bits per heavy atom. The standard InChI is InChI=1S/C22H22N4O7/c1-26(2)11-6-10-17(33-21(24)25-10)14-9(11)4-7-3-8-5-12(27)15(20(23)31)19(30)22(8,32)18(29)13(7)16(14)28/h6-8,27,29,32H,3-5H2,1-2H3,(H2,23,31)(H2,24,25)/t7-,8+,22+/m1/s1. The topological polar surface area (TPSA) is 193 Å². The lowest BCUT2D eigenvalue weighted by Crippen LogP contribution is -2.57. The zero-order chi connectivity index (χ0) is 24.0. The Labute approximate surface area is 187 Å². The van der Waals surface area contributed by atoms with Crippen LogP contribution in [-0.4, -0.2) is 57.5 Å². The zero-order valence-corrected chi connectivity index (χ0v) is 17.9. The molecular weight excluding hydrogens is 432 g/mol. The molecule has 1 heterocycles. The number of aliphatic hydroxyl groups is 3. The molecule has 33 heavy (non-hydrogen) atoms. The smallest absolute Gasteiger partial charge is 0.293 e. The molecule has 3 atom stereocenters. The molecule has 0 unspecified atom stereocenters. The van der Waals surface area contributed by atoms with Gasteiger partial charge in [0.05, 0.1) is 5.56 Å². The van der Waals surface area contributed by atoms with Gasteiger partial charge in [-0.05, 0) is 30.4 Å². The number of allylic oxidation sites excluding steroid dienone is 2. The lowest BCUT2D eigenvalue weighted by molar-refractivity contribution is -0.144. The van der Waals surface area contributed by atoms with Crippen LogP contribution in [0.25, 0.3) is 11.1 Å². The van der Waals surface area contributed by atoms with E-state index < -0.39 is 52.0 Å². The van der Waals surface area contributed by atoms with Crippen molar-refractivity contribution < 1.29 is 34.1 Å². The van der Waals surface area contributed by atoms with Crippen LogP contribution in [0.2, 0.25) is 0 Å². The fourth-order valence-corrected chi connectivity index (χ4v) is 5.47. The number of anilines is 2. The summed E-state index contributed by atoms with van der Waals surface area (Å²) in [5.74, 6) is -5.91. The second-order valence-electron chi connectivity index (χ2n) is 8.95. The molecule has 3 aliphatic carbocycles. The summed E-state index contributed by atoms with van der Waals surface area (Å²) >= 11 is 0. The summed E-state index contributed by atoms with van der Waals surface area (Å²) in [6, 6.07) is 1.63. The Morgan fingerprint density at radius 3 is 2.61 bits per heavy atom. The number of aromatic nitrogens is 1. The molecule has 172 valence electrons. The fourth-order valence-electron chi connectivity index (χ4n) is 5.47. The number of aliphatic hydroxyl groups excluding tert-OH is 2. The number of carbonyl (C=O) groups excluding carboxylic acids is 3. The van der Waals surface area contributed by atoms with Gasteiger partial charge in [-0.15, -0.1) is 0 Å². The summed E-state index contributed by atoms with van der Waals surface area (Å²) in [4.78, 5) is 44.4. The van der Waals surface area contributed by atoms with E-state index in [1.807, 2.05) is 19.0 Å². The molecule has 1 amide bonds. The first-order chi connectivity index (χ1) is 15.5. The van der Waals surface area contributed by atoms with Crippen molar-refractivity contribution in [2.75, 3.05) is 24.7 Å². The van der Waals surface area contributed by atoms with E-state index in [2.05, 4.69) is 4.98 Å². The highest BCUT2D eigenvalue weighted by Crippen LogP contribution is 2.52. The third kappa shape index (κ3) is 2.59. The van der Waals surface area contributed by atoms with Crippen LogP contribution in [0.4, 0.5) is 11.7 Å². The Morgan fingerprint density at radius 1 is 1.27 bits per heavy atom. The minimum Gasteiger partial charge on any atom is -0.511 e. The van der Waals surface area contributed by atoms with Crippen LogP contribution in [0.1, 0.15) is 28.8 Å². The van der Waals surface area contributed by atoms with E-state index in [4.69, 9.17) is 15.9 Å². The van der Waals surface area contributed by atoms with Crippen LogP contribution >= 0.6 is 0 Å². The van der Waals surface area contributed by atoms with E-state index in [1.165, 1.54) is 0 Å². The molecule has 0 spiro atoms. The number of oxazole rings is 1. The third-order valence-electron chi connectivity index (χ3n) is 6.92. The molecular formula is C22H22N4O7. The first kappa shape index (κ1) is 21.0. The number of primary amides is 1. The average molecular weight is 454 g/mol. The number of amides is 1. The molecule has 0 saturated carbocycles. The maximum absolute atomic E-state index is 13.7. The molecule has 0 fully saturated rings. The van der Waals surface area contributed by atoms with Crippen LogP contribution in [-0.2, 0) is 16.0 Å². The third-order valence-corrected chi connectivity index (χ3v) is 6.92. The molecule has 2 aromatic rings. The van der Waals surface area contributed by atoms with Gasteiger partial charge in [0.15, 0.2) is 17.0 Å². The number of rotatable bonds is 2. The minimum absolute atomic E-state index is 0.117. The number of nitrogens with zero attached hydrogens (tertiary/aromatic N) is 2. The van der Waals surface area contributed by atoms with Crippen LogP contribution in [0.15, 0.2) is 33.1 Å². The SMILES string of the molecule is CN(C)c1cc2nc(N)oc2c2c1C[C@H]1C[C@H]3CC(O)=C(C(N)=O)C(=O)[C@@]3(O)C(O)=C1C2=O. The van der Waals surface area contributed by atoms with Gasteiger partial charge in [-0.25, -0.2) is 0 Å². The molecule has 1 aromatic carbocycles. The lowest BCUT2D eigenvalue weighted by atomic mass is 9.60. The Bertz CT molecular complexity index is 1350. The number of nitrogen functional groups attached to an aromatic ring is 1. The summed E-state index contributed by atoms with van der Waals surface area (Å²) in [6.45, 7) is 0. The Balaban J connectivity index is 1.75. The molecule has 11 nitrogen and oxygen atoms in total. The molecule has 0 radical (unpaired) electrons. The molecule has 3 aliphatic rings. The summed E-state index contributed by atoms with van der Waals surface area (Å²) < 4.78 is 5.49. The first-order valence-electron chi connectivity index (χ1n) is 10.3. The van der Waals surface area contributed by atoms with Gasteiger partial charge in [-0.1, -0.05) is 0 Å². The number of hydrogen-bond donors (Lipinski definition) is 5. The maximum Gasteiger partial charge on any atom is 0.293 e. The van der Waals surface area contributed by atoms with E-state index in [0.717, 1.165) is 5.69 Å². The van der Waals surface area contributed by atoms with Gasteiger partial charge < -0.3 is 36.1 Å². The predicted molar refractivity (Wildman–Crippen MR) is 115 cm³/mol. The van der Waals surface area contributed by atoms with Gasteiger partial charge in [-0.3, -0.25) is 14.4 Å². The van der Waals surface area contributed by atoms with Crippen LogP contribution < -0.4 is 16.4 Å². The van der Waals surface area contributed by atoms with Crippen molar-refractivity contribution in [3.8, 4) is 0 Å². The highest BCUT2D eigenvalue weighted by molar-refractivity contribution is 6.25. The number of carbonyl (C=O) groups is 3. The largest absolute Gasteiger partial charge is 0.511 e. The minimum atomic E-state index is -2.55. The van der Waals surface area contributed by atoms with E-state index in [0.29, 0.717) is 17.5 Å². The van der Waals surface area contributed by atoms with Crippen molar-refractivity contribution in [1.29, 1.82) is 0 Å². The normalized spacial score (nSPS) is 26.9. The summed E-state index contributed by atoms with van der Waals surface area (Å²) in [5.41, 5.74) is 9.52. The van der Waals surface area contributed by atoms with Gasteiger partial charge in [0.2, 0.25) is 5.78 Å². The fraction of sp³-hybridized carbons (Fsp3) is 0.364. The van der Waals surface area contributed by atoms with E-state index in [1.54, 1.807) is 6.07 Å². The average Bonchev–Trinajstić information content (AvgIpc) is 3.09. The van der Waals surface area contributed by atoms with Crippen molar-refractivity contribution in [2.45, 2.75) is 24.9 Å². The molecule has 5 rings (SSSR count). The van der Waals surface area contributed by atoms with E-state index >= 15 is 0 Å². The number of benzene rings is 1. The van der Waals surface area contributed by atoms with Crippen molar-refractivity contribution >= 4 is 40.3 Å². The monoisotopic (exact) mass is 454 g/mol. The first-order valence-corrected chi connectivity index (χ1v) is 10.3.